The minimum Gasteiger partial charge on any atom is -0.457 e. The summed E-state index contributed by atoms with van der Waals surface area (Å²) in [7, 11) is -2.45. The van der Waals surface area contributed by atoms with Gasteiger partial charge in [-0.2, -0.15) is 0 Å². The largest absolute Gasteiger partial charge is 0.457 e. The SMILES string of the molecule is c1ccc2c(c1)Oc1c(cccc1-c1cccc3c1Oc1ccccc1[Si]31c3ccccc3Oc3nccnc31)[Si]2. The molecule has 2 radical (unpaired) electrons. The average molecular weight is 561 g/mol. The fourth-order valence-electron chi connectivity index (χ4n) is 6.45. The van der Waals surface area contributed by atoms with E-state index in [1.165, 1.54) is 10.4 Å². The van der Waals surface area contributed by atoms with Crippen LogP contribution in [0.25, 0.3) is 11.1 Å². The van der Waals surface area contributed by atoms with Crippen molar-refractivity contribution in [1.29, 1.82) is 0 Å². The number of hydrogen-bond donors (Lipinski definition) is 0. The molecule has 0 amide bonds. The van der Waals surface area contributed by atoms with E-state index in [0.717, 1.165) is 60.8 Å². The van der Waals surface area contributed by atoms with Gasteiger partial charge in [-0.25, -0.2) is 4.98 Å². The minimum atomic E-state index is -2.97. The van der Waals surface area contributed by atoms with Gasteiger partial charge in [0, 0.05) is 28.7 Å². The van der Waals surface area contributed by atoms with Gasteiger partial charge in [-0.15, -0.1) is 0 Å². The molecule has 1 atom stereocenters. The smallest absolute Gasteiger partial charge is 0.237 e. The normalized spacial score (nSPS) is 16.9. The summed E-state index contributed by atoms with van der Waals surface area (Å²) >= 11 is 0. The second-order valence-corrected chi connectivity index (χ2v) is 15.2. The van der Waals surface area contributed by atoms with E-state index in [1.807, 2.05) is 30.3 Å². The van der Waals surface area contributed by atoms with Crippen molar-refractivity contribution in [3.8, 4) is 45.8 Å². The number of fused-ring (bicyclic) bond motifs is 10. The number of nitrogens with zero attached hydrogens (tertiary/aromatic N) is 2. The van der Waals surface area contributed by atoms with Crippen LogP contribution in [0.1, 0.15) is 0 Å². The molecule has 192 valence electrons. The monoisotopic (exact) mass is 560 g/mol. The lowest BCUT2D eigenvalue weighted by Crippen LogP contribution is -2.78. The van der Waals surface area contributed by atoms with Crippen molar-refractivity contribution in [3.05, 3.63) is 122 Å². The molecule has 0 aliphatic carbocycles. The molecule has 0 saturated heterocycles. The van der Waals surface area contributed by atoms with Gasteiger partial charge in [0.2, 0.25) is 14.0 Å². The van der Waals surface area contributed by atoms with E-state index in [2.05, 4.69) is 83.8 Å². The van der Waals surface area contributed by atoms with Gasteiger partial charge in [-0.3, -0.25) is 4.98 Å². The van der Waals surface area contributed by atoms with Crippen LogP contribution in [0.5, 0.6) is 34.6 Å². The van der Waals surface area contributed by atoms with Crippen LogP contribution in [-0.2, 0) is 0 Å². The van der Waals surface area contributed by atoms with Crippen molar-refractivity contribution in [2.45, 2.75) is 0 Å². The molecule has 0 saturated carbocycles. The molecule has 1 aromatic heterocycles. The van der Waals surface area contributed by atoms with Gasteiger partial charge in [0.1, 0.15) is 43.6 Å². The fraction of sp³-hybridized carbons (Fsp3) is 0. The standard InChI is InChI=1S/C34H20N2O3Si2/c1-4-14-26-23(11-1)37-31-21(9-7-15-27(31)40-26)22-10-8-18-30-32(22)38-24-12-2-5-16-28(24)41(30)29-17-6-3-13-25(29)39-33-34(41)36-20-19-35-33/h1-20H. The summed E-state index contributed by atoms with van der Waals surface area (Å²) in [6, 6.07) is 37.8. The Morgan fingerprint density at radius 3 is 1.90 bits per heavy atom. The Morgan fingerprint density at radius 1 is 0.488 bits per heavy atom. The van der Waals surface area contributed by atoms with Crippen molar-refractivity contribution in [2.24, 2.45) is 0 Å². The van der Waals surface area contributed by atoms with E-state index < -0.39 is 8.07 Å². The highest BCUT2D eigenvalue weighted by Crippen LogP contribution is 2.42. The Balaban J connectivity index is 1.36. The van der Waals surface area contributed by atoms with Crippen LogP contribution in [0.3, 0.4) is 0 Å². The van der Waals surface area contributed by atoms with E-state index in [9.17, 15) is 0 Å². The molecule has 5 aromatic carbocycles. The molecule has 7 heteroatoms. The fourth-order valence-corrected chi connectivity index (χ4v) is 12.6. The highest BCUT2D eigenvalue weighted by atomic mass is 28.3. The van der Waals surface area contributed by atoms with E-state index >= 15 is 0 Å². The van der Waals surface area contributed by atoms with E-state index in [1.54, 1.807) is 12.4 Å². The topological polar surface area (TPSA) is 53.5 Å². The molecule has 1 unspecified atom stereocenters. The van der Waals surface area contributed by atoms with E-state index in [-0.39, 0.29) is 0 Å². The zero-order valence-corrected chi connectivity index (χ0v) is 23.7. The number of para-hydroxylation sites is 5. The molecule has 41 heavy (non-hydrogen) atoms. The van der Waals surface area contributed by atoms with Gasteiger partial charge in [0.25, 0.3) is 0 Å². The molecule has 1 spiro atoms. The first-order chi connectivity index (χ1) is 20.3. The summed E-state index contributed by atoms with van der Waals surface area (Å²) < 4.78 is 19.8. The van der Waals surface area contributed by atoms with Crippen LogP contribution in [0.15, 0.2) is 122 Å². The van der Waals surface area contributed by atoms with Crippen molar-refractivity contribution in [2.75, 3.05) is 0 Å². The molecule has 5 nitrogen and oxygen atoms in total. The zero-order valence-electron chi connectivity index (χ0n) is 21.7. The van der Waals surface area contributed by atoms with Crippen molar-refractivity contribution in [3.63, 3.8) is 0 Å². The summed E-state index contributed by atoms with van der Waals surface area (Å²) in [6.45, 7) is 0. The second-order valence-electron chi connectivity index (χ2n) is 10.2. The molecule has 4 heterocycles. The first-order valence-electron chi connectivity index (χ1n) is 13.5. The summed E-state index contributed by atoms with van der Waals surface area (Å²) in [5.41, 5.74) is 2.02. The molecular weight excluding hydrogens is 541 g/mol. The van der Waals surface area contributed by atoms with Crippen LogP contribution < -0.4 is 45.5 Å². The van der Waals surface area contributed by atoms with Gasteiger partial charge >= 0.3 is 0 Å². The van der Waals surface area contributed by atoms with E-state index in [0.29, 0.717) is 15.4 Å². The molecule has 0 fully saturated rings. The minimum absolute atomic E-state index is 0.522. The Hall–Kier alpha value is -4.99. The van der Waals surface area contributed by atoms with E-state index in [4.69, 9.17) is 19.2 Å². The predicted molar refractivity (Wildman–Crippen MR) is 163 cm³/mol. The maximum atomic E-state index is 6.87. The lowest BCUT2D eigenvalue weighted by atomic mass is 10.0. The number of benzene rings is 5. The van der Waals surface area contributed by atoms with Crippen LogP contribution in [0, 0.1) is 0 Å². The Bertz CT molecular complexity index is 1980. The quantitative estimate of drug-likeness (QED) is 0.288. The predicted octanol–water partition coefficient (Wildman–Crippen LogP) is 3.49. The number of hydrogen-bond acceptors (Lipinski definition) is 5. The first-order valence-corrected chi connectivity index (χ1v) is 16.5. The Morgan fingerprint density at radius 2 is 1.07 bits per heavy atom. The molecule has 9 rings (SSSR count). The molecule has 3 aliphatic heterocycles. The first kappa shape index (κ1) is 22.8. The number of ether oxygens (including phenoxy) is 3. The number of rotatable bonds is 1. The highest BCUT2D eigenvalue weighted by molar-refractivity contribution is 7.21. The van der Waals surface area contributed by atoms with Gasteiger partial charge in [-0.1, -0.05) is 91.0 Å². The summed E-state index contributed by atoms with van der Waals surface area (Å²) in [5.74, 6) is 4.86. The second kappa shape index (κ2) is 8.51. The van der Waals surface area contributed by atoms with Crippen LogP contribution in [0.4, 0.5) is 0 Å². The van der Waals surface area contributed by atoms with Crippen LogP contribution in [0.2, 0.25) is 0 Å². The summed E-state index contributed by atoms with van der Waals surface area (Å²) in [4.78, 5) is 9.65. The summed E-state index contributed by atoms with van der Waals surface area (Å²) in [5, 5.41) is 6.71. The zero-order chi connectivity index (χ0) is 27.0. The Labute approximate surface area is 239 Å². The highest BCUT2D eigenvalue weighted by Gasteiger charge is 2.55. The lowest BCUT2D eigenvalue weighted by molar-refractivity contribution is 0.463. The lowest BCUT2D eigenvalue weighted by Gasteiger charge is -2.41. The van der Waals surface area contributed by atoms with Gasteiger partial charge in [0.15, 0.2) is 0 Å². The molecule has 0 bridgehead atoms. The molecular formula is C34H20N2O3Si2. The Kier molecular flexibility index (Phi) is 4.73. The number of aromatic nitrogens is 2. The van der Waals surface area contributed by atoms with Crippen molar-refractivity contribution >= 4 is 48.8 Å². The molecule has 6 aromatic rings. The van der Waals surface area contributed by atoms with Crippen molar-refractivity contribution < 1.29 is 14.2 Å². The average Bonchev–Trinajstić information content (AvgIpc) is 3.03. The summed E-state index contributed by atoms with van der Waals surface area (Å²) in [6.07, 6.45) is 3.47. The van der Waals surface area contributed by atoms with Gasteiger partial charge in [-0.05, 0) is 38.9 Å². The maximum absolute atomic E-state index is 6.87. The third-order valence-corrected chi connectivity index (χ3v) is 14.2. The van der Waals surface area contributed by atoms with Crippen LogP contribution >= 0.6 is 0 Å². The molecule has 0 N–H and O–H groups in total. The third kappa shape index (κ3) is 3.10. The van der Waals surface area contributed by atoms with Gasteiger partial charge < -0.3 is 14.2 Å². The van der Waals surface area contributed by atoms with Gasteiger partial charge in [0.05, 0.1) is 0 Å². The third-order valence-electron chi connectivity index (χ3n) is 8.11. The molecule has 3 aliphatic rings. The van der Waals surface area contributed by atoms with Crippen molar-refractivity contribution in [1.82, 2.24) is 9.97 Å². The van der Waals surface area contributed by atoms with Crippen LogP contribution in [-0.4, -0.2) is 27.6 Å². The maximum Gasteiger partial charge on any atom is 0.237 e.